The lowest BCUT2D eigenvalue weighted by molar-refractivity contribution is 0.0698. The smallest absolute Gasteiger partial charge is 0.337 e. The third kappa shape index (κ3) is 4.35. The standard InChI is InChI=1S/C14H22N2O2/c1-3-5-6-11(4-2)9-16-13-10-15-8-7-12(13)14(17)18/h7-8,10-11,16H,3-6,9H2,1-2H3,(H,17,18). The average Bonchev–Trinajstić information content (AvgIpc) is 2.39. The summed E-state index contributed by atoms with van der Waals surface area (Å²) in [6, 6.07) is 1.53. The first kappa shape index (κ1) is 14.5. The van der Waals surface area contributed by atoms with Crippen LogP contribution >= 0.6 is 0 Å². The summed E-state index contributed by atoms with van der Waals surface area (Å²) >= 11 is 0. The predicted molar refractivity (Wildman–Crippen MR) is 73.0 cm³/mol. The molecule has 0 radical (unpaired) electrons. The molecular formula is C14H22N2O2. The number of nitrogens with zero attached hydrogens (tertiary/aromatic N) is 1. The van der Waals surface area contributed by atoms with E-state index in [4.69, 9.17) is 5.11 Å². The van der Waals surface area contributed by atoms with Gasteiger partial charge in [-0.25, -0.2) is 4.79 Å². The number of nitrogens with one attached hydrogen (secondary N) is 1. The minimum Gasteiger partial charge on any atom is -0.478 e. The molecule has 1 rings (SSSR count). The maximum Gasteiger partial charge on any atom is 0.337 e. The van der Waals surface area contributed by atoms with Crippen molar-refractivity contribution in [3.8, 4) is 0 Å². The lowest BCUT2D eigenvalue weighted by Gasteiger charge is -2.16. The molecule has 0 saturated heterocycles. The van der Waals surface area contributed by atoms with Gasteiger partial charge in [0.05, 0.1) is 17.4 Å². The molecule has 1 unspecified atom stereocenters. The van der Waals surface area contributed by atoms with Gasteiger partial charge in [0.2, 0.25) is 0 Å². The van der Waals surface area contributed by atoms with E-state index in [1.54, 1.807) is 6.20 Å². The van der Waals surface area contributed by atoms with Gasteiger partial charge in [-0.1, -0.05) is 33.1 Å². The van der Waals surface area contributed by atoms with Crippen molar-refractivity contribution in [1.82, 2.24) is 4.98 Å². The summed E-state index contributed by atoms with van der Waals surface area (Å²) in [7, 11) is 0. The fourth-order valence-electron chi connectivity index (χ4n) is 1.92. The van der Waals surface area contributed by atoms with Gasteiger partial charge >= 0.3 is 5.97 Å². The number of rotatable bonds is 8. The molecule has 0 saturated carbocycles. The van der Waals surface area contributed by atoms with Crippen LogP contribution in [0.2, 0.25) is 0 Å². The van der Waals surface area contributed by atoms with Crippen molar-refractivity contribution in [3.05, 3.63) is 24.0 Å². The summed E-state index contributed by atoms with van der Waals surface area (Å²) in [5.41, 5.74) is 0.898. The molecule has 0 aliphatic heterocycles. The van der Waals surface area contributed by atoms with E-state index in [9.17, 15) is 4.79 Å². The van der Waals surface area contributed by atoms with Gasteiger partial charge in [-0.3, -0.25) is 4.98 Å². The van der Waals surface area contributed by atoms with Crippen LogP contribution < -0.4 is 5.32 Å². The molecule has 4 nitrogen and oxygen atoms in total. The minimum absolute atomic E-state index is 0.287. The van der Waals surface area contributed by atoms with Gasteiger partial charge in [-0.2, -0.15) is 0 Å². The number of unbranched alkanes of at least 4 members (excludes halogenated alkanes) is 1. The van der Waals surface area contributed by atoms with E-state index in [1.807, 2.05) is 0 Å². The summed E-state index contributed by atoms with van der Waals surface area (Å²) in [6.07, 6.45) is 7.79. The maximum atomic E-state index is 11.0. The Labute approximate surface area is 108 Å². The molecule has 0 aliphatic rings. The molecule has 4 heteroatoms. The van der Waals surface area contributed by atoms with Crippen LogP contribution in [0, 0.1) is 5.92 Å². The van der Waals surface area contributed by atoms with Crippen molar-refractivity contribution in [3.63, 3.8) is 0 Å². The SMILES string of the molecule is CCCCC(CC)CNc1cnccc1C(=O)O. The summed E-state index contributed by atoms with van der Waals surface area (Å²) in [5.74, 6) is -0.326. The quantitative estimate of drug-likeness (QED) is 0.742. The Kier molecular flexibility index (Phi) is 6.19. The fraction of sp³-hybridized carbons (Fsp3) is 0.571. The zero-order valence-electron chi connectivity index (χ0n) is 11.1. The van der Waals surface area contributed by atoms with Crippen LogP contribution in [-0.4, -0.2) is 22.6 Å². The Balaban J connectivity index is 2.59. The topological polar surface area (TPSA) is 62.2 Å². The van der Waals surface area contributed by atoms with Gasteiger partial charge in [0.15, 0.2) is 0 Å². The Hall–Kier alpha value is -1.58. The fourth-order valence-corrected chi connectivity index (χ4v) is 1.92. The van der Waals surface area contributed by atoms with Crippen molar-refractivity contribution < 1.29 is 9.90 Å². The number of hydrogen-bond donors (Lipinski definition) is 2. The molecule has 18 heavy (non-hydrogen) atoms. The van der Waals surface area contributed by atoms with Gasteiger partial charge < -0.3 is 10.4 Å². The van der Waals surface area contributed by atoms with Crippen LogP contribution in [0.15, 0.2) is 18.5 Å². The summed E-state index contributed by atoms with van der Waals surface area (Å²) in [4.78, 5) is 15.0. The van der Waals surface area contributed by atoms with Gasteiger partial charge in [-0.15, -0.1) is 0 Å². The lowest BCUT2D eigenvalue weighted by atomic mass is 9.99. The minimum atomic E-state index is -0.915. The Morgan fingerprint density at radius 2 is 2.28 bits per heavy atom. The second kappa shape index (κ2) is 7.69. The van der Waals surface area contributed by atoms with Crippen molar-refractivity contribution in [1.29, 1.82) is 0 Å². The summed E-state index contributed by atoms with van der Waals surface area (Å²) in [5, 5.41) is 12.3. The molecule has 2 N–H and O–H groups in total. The van der Waals surface area contributed by atoms with Crippen LogP contribution in [0.5, 0.6) is 0 Å². The molecule has 0 amide bonds. The number of aromatic carboxylic acids is 1. The highest BCUT2D eigenvalue weighted by molar-refractivity contribution is 5.93. The highest BCUT2D eigenvalue weighted by Crippen LogP contribution is 2.17. The molecule has 0 fully saturated rings. The number of carboxylic acid groups (broad SMARTS) is 1. The molecule has 0 bridgehead atoms. The molecule has 0 aliphatic carbocycles. The van der Waals surface area contributed by atoms with Gasteiger partial charge in [0.1, 0.15) is 0 Å². The summed E-state index contributed by atoms with van der Waals surface area (Å²) in [6.45, 7) is 5.16. The van der Waals surface area contributed by atoms with Crippen LogP contribution in [0.3, 0.4) is 0 Å². The van der Waals surface area contributed by atoms with Crippen LogP contribution in [0.4, 0.5) is 5.69 Å². The zero-order valence-corrected chi connectivity index (χ0v) is 11.1. The number of aromatic nitrogens is 1. The second-order valence-electron chi connectivity index (χ2n) is 4.52. The molecule has 100 valence electrons. The van der Waals surface area contributed by atoms with Gasteiger partial charge in [0.25, 0.3) is 0 Å². The molecule has 0 spiro atoms. The predicted octanol–water partition coefficient (Wildman–Crippen LogP) is 3.41. The van der Waals surface area contributed by atoms with Crippen LogP contribution in [0.25, 0.3) is 0 Å². The first-order valence-corrected chi connectivity index (χ1v) is 6.60. The van der Waals surface area contributed by atoms with Crippen molar-refractivity contribution >= 4 is 11.7 Å². The monoisotopic (exact) mass is 250 g/mol. The van der Waals surface area contributed by atoms with Crippen molar-refractivity contribution in [2.24, 2.45) is 5.92 Å². The largest absolute Gasteiger partial charge is 0.478 e. The van der Waals surface area contributed by atoms with E-state index in [-0.39, 0.29) is 5.56 Å². The Bertz CT molecular complexity index is 380. The third-order valence-electron chi connectivity index (χ3n) is 3.18. The molecule has 1 atom stereocenters. The normalized spacial score (nSPS) is 12.1. The highest BCUT2D eigenvalue weighted by atomic mass is 16.4. The molecule has 1 heterocycles. The molecule has 0 aromatic carbocycles. The third-order valence-corrected chi connectivity index (χ3v) is 3.18. The Morgan fingerprint density at radius 3 is 2.89 bits per heavy atom. The van der Waals surface area contributed by atoms with Gasteiger partial charge in [-0.05, 0) is 18.4 Å². The number of hydrogen-bond acceptors (Lipinski definition) is 3. The zero-order chi connectivity index (χ0) is 13.4. The maximum absolute atomic E-state index is 11.0. The molecular weight excluding hydrogens is 228 g/mol. The van der Waals surface area contributed by atoms with Crippen molar-refractivity contribution in [2.75, 3.05) is 11.9 Å². The van der Waals surface area contributed by atoms with E-state index in [0.717, 1.165) is 13.0 Å². The number of anilines is 1. The van der Waals surface area contributed by atoms with E-state index in [2.05, 4.69) is 24.1 Å². The van der Waals surface area contributed by atoms with E-state index >= 15 is 0 Å². The molecule has 1 aromatic heterocycles. The van der Waals surface area contributed by atoms with E-state index < -0.39 is 5.97 Å². The van der Waals surface area contributed by atoms with Crippen molar-refractivity contribution in [2.45, 2.75) is 39.5 Å². The Morgan fingerprint density at radius 1 is 1.50 bits per heavy atom. The molecule has 1 aromatic rings. The first-order valence-electron chi connectivity index (χ1n) is 6.60. The average molecular weight is 250 g/mol. The highest BCUT2D eigenvalue weighted by Gasteiger charge is 2.11. The second-order valence-corrected chi connectivity index (χ2v) is 4.52. The number of carbonyl (C=O) groups is 1. The van der Waals surface area contributed by atoms with Crippen LogP contribution in [-0.2, 0) is 0 Å². The van der Waals surface area contributed by atoms with E-state index in [0.29, 0.717) is 11.6 Å². The lowest BCUT2D eigenvalue weighted by Crippen LogP contribution is -2.15. The first-order chi connectivity index (χ1) is 8.69. The van der Waals surface area contributed by atoms with Gasteiger partial charge in [0, 0.05) is 12.7 Å². The summed E-state index contributed by atoms with van der Waals surface area (Å²) < 4.78 is 0. The van der Waals surface area contributed by atoms with Crippen LogP contribution in [0.1, 0.15) is 49.9 Å². The van der Waals surface area contributed by atoms with E-state index in [1.165, 1.54) is 31.5 Å². The number of pyridine rings is 1. The number of carboxylic acids is 1.